The van der Waals surface area contributed by atoms with Crippen molar-refractivity contribution in [1.29, 1.82) is 0 Å². The van der Waals surface area contributed by atoms with Crippen molar-refractivity contribution in [2.45, 2.75) is 20.0 Å². The van der Waals surface area contributed by atoms with E-state index in [0.717, 1.165) is 5.56 Å². The number of phenols is 1. The van der Waals surface area contributed by atoms with E-state index in [1.54, 1.807) is 49.4 Å². The first-order chi connectivity index (χ1) is 12.5. The van der Waals surface area contributed by atoms with Crippen LogP contribution in [-0.2, 0) is 13.1 Å². The minimum Gasteiger partial charge on any atom is -0.508 e. The number of amides is 2. The third-order valence-electron chi connectivity index (χ3n) is 3.93. The van der Waals surface area contributed by atoms with Crippen LogP contribution in [0.3, 0.4) is 0 Å². The highest BCUT2D eigenvalue weighted by atomic mass is 19.1. The smallest absolute Gasteiger partial charge is 0.322 e. The molecular formula is C20H19FN2O3. The van der Waals surface area contributed by atoms with Crippen molar-refractivity contribution in [1.82, 2.24) is 4.90 Å². The number of urea groups is 1. The van der Waals surface area contributed by atoms with Crippen LogP contribution >= 0.6 is 0 Å². The van der Waals surface area contributed by atoms with Crippen LogP contribution in [0.5, 0.6) is 5.75 Å². The molecule has 26 heavy (non-hydrogen) atoms. The van der Waals surface area contributed by atoms with Crippen LogP contribution in [0.1, 0.15) is 16.9 Å². The summed E-state index contributed by atoms with van der Waals surface area (Å²) >= 11 is 0. The van der Waals surface area contributed by atoms with Crippen molar-refractivity contribution in [3.05, 3.63) is 83.6 Å². The summed E-state index contributed by atoms with van der Waals surface area (Å²) in [5.74, 6) is 0.171. The number of aryl methyl sites for hydroxylation is 1. The number of aromatic hydroxyl groups is 1. The standard InChI is InChI=1S/C20H19FN2O3/c1-14-8-9-18(17(21)11-14)22-20(25)23(13-16-6-4-10-26-16)12-15-5-2-3-7-19(15)24/h2-11,24H,12-13H2,1H3,(H,22,25). The molecule has 0 aliphatic rings. The molecule has 2 amide bonds. The zero-order chi connectivity index (χ0) is 18.5. The SMILES string of the molecule is Cc1ccc(NC(=O)N(Cc2ccco2)Cc2ccccc2O)c(F)c1. The Morgan fingerprint density at radius 1 is 1.15 bits per heavy atom. The second-order valence-electron chi connectivity index (χ2n) is 5.98. The summed E-state index contributed by atoms with van der Waals surface area (Å²) < 4.78 is 19.4. The second-order valence-corrected chi connectivity index (χ2v) is 5.98. The van der Waals surface area contributed by atoms with Crippen LogP contribution in [0.2, 0.25) is 0 Å². The normalized spacial score (nSPS) is 10.5. The quantitative estimate of drug-likeness (QED) is 0.700. The summed E-state index contributed by atoms with van der Waals surface area (Å²) in [4.78, 5) is 14.2. The third kappa shape index (κ3) is 4.22. The number of phenolic OH excluding ortho intramolecular Hbond substituents is 1. The molecule has 0 unspecified atom stereocenters. The number of halogens is 1. The number of hydrogen-bond acceptors (Lipinski definition) is 3. The second kappa shape index (κ2) is 7.74. The molecule has 1 heterocycles. The zero-order valence-corrected chi connectivity index (χ0v) is 14.3. The molecular weight excluding hydrogens is 335 g/mol. The van der Waals surface area contributed by atoms with Gasteiger partial charge in [0.2, 0.25) is 0 Å². The lowest BCUT2D eigenvalue weighted by atomic mass is 10.2. The van der Waals surface area contributed by atoms with Gasteiger partial charge in [-0.3, -0.25) is 0 Å². The Kier molecular flexibility index (Phi) is 5.22. The summed E-state index contributed by atoms with van der Waals surface area (Å²) in [6, 6.07) is 14.3. The van der Waals surface area contributed by atoms with Crippen LogP contribution < -0.4 is 5.32 Å². The largest absolute Gasteiger partial charge is 0.508 e. The molecule has 3 rings (SSSR count). The van der Waals surface area contributed by atoms with Crippen LogP contribution in [0, 0.1) is 12.7 Å². The van der Waals surface area contributed by atoms with Gasteiger partial charge >= 0.3 is 6.03 Å². The predicted octanol–water partition coefficient (Wildman–Crippen LogP) is 4.67. The van der Waals surface area contributed by atoms with E-state index >= 15 is 0 Å². The number of para-hydroxylation sites is 1. The highest BCUT2D eigenvalue weighted by molar-refractivity contribution is 5.89. The Balaban J connectivity index is 1.81. The van der Waals surface area contributed by atoms with Gasteiger partial charge in [-0.05, 0) is 42.8 Å². The molecule has 0 atom stereocenters. The number of hydrogen-bond donors (Lipinski definition) is 2. The molecule has 134 valence electrons. The summed E-state index contributed by atoms with van der Waals surface area (Å²) in [5.41, 5.74) is 1.45. The van der Waals surface area contributed by atoms with Crippen molar-refractivity contribution >= 4 is 11.7 Å². The number of anilines is 1. The van der Waals surface area contributed by atoms with Gasteiger partial charge in [-0.15, -0.1) is 0 Å². The number of carbonyl (C=O) groups excluding carboxylic acids is 1. The summed E-state index contributed by atoms with van der Waals surface area (Å²) in [6.07, 6.45) is 1.52. The minimum atomic E-state index is -0.501. The van der Waals surface area contributed by atoms with E-state index in [-0.39, 0.29) is 24.5 Å². The molecule has 0 saturated heterocycles. The molecule has 2 N–H and O–H groups in total. The maximum atomic E-state index is 14.1. The van der Waals surface area contributed by atoms with E-state index in [2.05, 4.69) is 5.32 Å². The Hall–Kier alpha value is -3.28. The number of furan rings is 1. The lowest BCUT2D eigenvalue weighted by Crippen LogP contribution is -2.34. The Morgan fingerprint density at radius 3 is 2.65 bits per heavy atom. The van der Waals surface area contributed by atoms with Crippen LogP contribution in [0.4, 0.5) is 14.9 Å². The first kappa shape index (κ1) is 17.5. The molecule has 0 saturated carbocycles. The molecule has 0 fully saturated rings. The van der Waals surface area contributed by atoms with E-state index in [1.165, 1.54) is 23.3 Å². The first-order valence-corrected chi connectivity index (χ1v) is 8.14. The first-order valence-electron chi connectivity index (χ1n) is 8.14. The molecule has 0 radical (unpaired) electrons. The van der Waals surface area contributed by atoms with Gasteiger partial charge in [0, 0.05) is 5.56 Å². The van der Waals surface area contributed by atoms with Gasteiger partial charge in [0.1, 0.15) is 17.3 Å². The Morgan fingerprint density at radius 2 is 1.96 bits per heavy atom. The Labute approximate surface area is 150 Å². The minimum absolute atomic E-state index is 0.0891. The maximum Gasteiger partial charge on any atom is 0.322 e. The van der Waals surface area contributed by atoms with Crippen molar-refractivity contribution in [2.75, 3.05) is 5.32 Å². The van der Waals surface area contributed by atoms with Crippen LogP contribution in [-0.4, -0.2) is 16.0 Å². The Bertz CT molecular complexity index is 894. The molecule has 3 aromatic rings. The number of nitrogens with zero attached hydrogens (tertiary/aromatic N) is 1. The van der Waals surface area contributed by atoms with Gasteiger partial charge in [0.05, 0.1) is 25.0 Å². The van der Waals surface area contributed by atoms with Crippen LogP contribution in [0.15, 0.2) is 65.3 Å². The highest BCUT2D eigenvalue weighted by Crippen LogP contribution is 2.21. The number of benzene rings is 2. The van der Waals surface area contributed by atoms with Crippen molar-refractivity contribution < 1.29 is 18.7 Å². The summed E-state index contributed by atoms with van der Waals surface area (Å²) in [7, 11) is 0. The highest BCUT2D eigenvalue weighted by Gasteiger charge is 2.18. The number of carbonyl (C=O) groups is 1. The fraction of sp³-hybridized carbons (Fsp3) is 0.150. The van der Waals surface area contributed by atoms with Gasteiger partial charge in [-0.1, -0.05) is 24.3 Å². The summed E-state index contributed by atoms with van der Waals surface area (Å²) in [5, 5.41) is 12.6. The molecule has 1 aromatic heterocycles. The van der Waals surface area contributed by atoms with Gasteiger partial charge in [-0.2, -0.15) is 0 Å². The molecule has 2 aromatic carbocycles. The van der Waals surface area contributed by atoms with Crippen molar-refractivity contribution in [3.63, 3.8) is 0 Å². The van der Waals surface area contributed by atoms with Gasteiger partial charge < -0.3 is 19.7 Å². The predicted molar refractivity (Wildman–Crippen MR) is 96.2 cm³/mol. The summed E-state index contributed by atoms with van der Waals surface area (Å²) in [6.45, 7) is 2.10. The molecule has 5 nitrogen and oxygen atoms in total. The fourth-order valence-electron chi connectivity index (χ4n) is 2.56. The lowest BCUT2D eigenvalue weighted by molar-refractivity contribution is 0.200. The van der Waals surface area contributed by atoms with Gasteiger partial charge in [-0.25, -0.2) is 9.18 Å². The van der Waals surface area contributed by atoms with E-state index in [0.29, 0.717) is 11.3 Å². The number of nitrogens with one attached hydrogen (secondary N) is 1. The topological polar surface area (TPSA) is 65.7 Å². The third-order valence-corrected chi connectivity index (χ3v) is 3.93. The molecule has 0 spiro atoms. The van der Waals surface area contributed by atoms with Crippen LogP contribution in [0.25, 0.3) is 0 Å². The molecule has 0 aliphatic carbocycles. The van der Waals surface area contributed by atoms with E-state index in [9.17, 15) is 14.3 Å². The van der Waals surface area contributed by atoms with Crippen molar-refractivity contribution in [2.24, 2.45) is 0 Å². The number of rotatable bonds is 5. The average Bonchev–Trinajstić information content (AvgIpc) is 3.12. The fourth-order valence-corrected chi connectivity index (χ4v) is 2.56. The lowest BCUT2D eigenvalue weighted by Gasteiger charge is -2.23. The average molecular weight is 354 g/mol. The van der Waals surface area contributed by atoms with Gasteiger partial charge in [0.25, 0.3) is 0 Å². The van der Waals surface area contributed by atoms with E-state index in [4.69, 9.17) is 4.42 Å². The zero-order valence-electron chi connectivity index (χ0n) is 14.3. The van der Waals surface area contributed by atoms with E-state index < -0.39 is 11.8 Å². The molecule has 0 aliphatic heterocycles. The van der Waals surface area contributed by atoms with Gasteiger partial charge in [0.15, 0.2) is 0 Å². The maximum absolute atomic E-state index is 14.1. The monoisotopic (exact) mass is 354 g/mol. The molecule has 0 bridgehead atoms. The van der Waals surface area contributed by atoms with Crippen molar-refractivity contribution in [3.8, 4) is 5.75 Å². The van der Waals surface area contributed by atoms with E-state index in [1.807, 2.05) is 0 Å². The molecule has 6 heteroatoms.